The van der Waals surface area contributed by atoms with Gasteiger partial charge in [-0.05, 0) is 12.1 Å². The van der Waals surface area contributed by atoms with Crippen LogP contribution in [0, 0.1) is 0 Å². The van der Waals surface area contributed by atoms with Gasteiger partial charge >= 0.3 is 0 Å². The zero-order valence-corrected chi connectivity index (χ0v) is 12.8. The molecule has 3 aromatic heterocycles. The summed E-state index contributed by atoms with van der Waals surface area (Å²) >= 11 is 0. The van der Waals surface area contributed by atoms with Crippen molar-refractivity contribution in [3.05, 3.63) is 41.1 Å². The molecule has 8 heteroatoms. The Morgan fingerprint density at radius 2 is 1.78 bits per heavy atom. The van der Waals surface area contributed by atoms with E-state index in [-0.39, 0.29) is 5.56 Å². The molecule has 4 rings (SSSR count). The predicted octanol–water partition coefficient (Wildman–Crippen LogP) is 0.378. The largest absolute Gasteiger partial charge is 0.339 e. The van der Waals surface area contributed by atoms with Gasteiger partial charge in [0.2, 0.25) is 11.9 Å². The third-order valence-electron chi connectivity index (χ3n) is 4.14. The van der Waals surface area contributed by atoms with E-state index in [4.69, 9.17) is 0 Å². The van der Waals surface area contributed by atoms with Gasteiger partial charge in [0.15, 0.2) is 0 Å². The van der Waals surface area contributed by atoms with Crippen LogP contribution in [0.3, 0.4) is 0 Å². The second-order valence-electron chi connectivity index (χ2n) is 5.58. The van der Waals surface area contributed by atoms with Gasteiger partial charge in [0, 0.05) is 51.8 Å². The summed E-state index contributed by atoms with van der Waals surface area (Å²) in [6.45, 7) is 3.10. The van der Waals surface area contributed by atoms with E-state index >= 15 is 0 Å². The molecule has 0 amide bonds. The predicted molar refractivity (Wildman–Crippen MR) is 87.8 cm³/mol. The number of nitrogens with zero attached hydrogens (tertiary/aromatic N) is 6. The van der Waals surface area contributed by atoms with Crippen molar-refractivity contribution in [1.82, 2.24) is 24.5 Å². The molecule has 0 spiro atoms. The lowest BCUT2D eigenvalue weighted by Gasteiger charge is -2.34. The lowest BCUT2D eigenvalue weighted by Crippen LogP contribution is -2.48. The summed E-state index contributed by atoms with van der Waals surface area (Å²) in [6.07, 6.45) is 5.34. The van der Waals surface area contributed by atoms with E-state index in [1.807, 2.05) is 23.9 Å². The topological polar surface area (TPSA) is 82.9 Å². The van der Waals surface area contributed by atoms with Crippen LogP contribution in [-0.2, 0) is 7.05 Å². The highest BCUT2D eigenvalue weighted by Crippen LogP contribution is 2.16. The summed E-state index contributed by atoms with van der Waals surface area (Å²) in [5, 5.41) is 0.618. The van der Waals surface area contributed by atoms with Gasteiger partial charge in [-0.1, -0.05) is 0 Å². The second-order valence-corrected chi connectivity index (χ2v) is 5.58. The van der Waals surface area contributed by atoms with E-state index in [0.717, 1.165) is 32.1 Å². The van der Waals surface area contributed by atoms with E-state index in [1.165, 1.54) is 0 Å². The Morgan fingerprint density at radius 1 is 1.09 bits per heavy atom. The van der Waals surface area contributed by atoms with Gasteiger partial charge < -0.3 is 14.4 Å². The minimum atomic E-state index is -0.0978. The maximum absolute atomic E-state index is 12.2. The molecule has 1 aliphatic heterocycles. The van der Waals surface area contributed by atoms with Crippen molar-refractivity contribution in [3.63, 3.8) is 0 Å². The molecule has 1 saturated heterocycles. The molecule has 4 heterocycles. The summed E-state index contributed by atoms with van der Waals surface area (Å²) in [7, 11) is 1.89. The van der Waals surface area contributed by atoms with Gasteiger partial charge in [-0.15, -0.1) is 0 Å². The van der Waals surface area contributed by atoms with E-state index in [2.05, 4.69) is 29.7 Å². The van der Waals surface area contributed by atoms with Crippen LogP contribution in [-0.4, -0.2) is 50.7 Å². The van der Waals surface area contributed by atoms with Crippen molar-refractivity contribution in [3.8, 4) is 0 Å². The fourth-order valence-corrected chi connectivity index (χ4v) is 2.86. The highest BCUT2D eigenvalue weighted by Gasteiger charge is 2.21. The molecule has 0 unspecified atom stereocenters. The Hall–Kier alpha value is -2.90. The van der Waals surface area contributed by atoms with Crippen LogP contribution in [0.15, 0.2) is 35.5 Å². The number of piperazine rings is 1. The molecule has 0 atom stereocenters. The zero-order valence-electron chi connectivity index (χ0n) is 12.8. The number of H-pyrrole nitrogens is 1. The Morgan fingerprint density at radius 3 is 2.52 bits per heavy atom. The number of aromatic nitrogens is 5. The van der Waals surface area contributed by atoms with Crippen LogP contribution in [0.4, 0.5) is 11.9 Å². The molecule has 0 saturated carbocycles. The highest BCUT2D eigenvalue weighted by molar-refractivity contribution is 5.76. The van der Waals surface area contributed by atoms with Crippen molar-refractivity contribution in [1.29, 1.82) is 0 Å². The summed E-state index contributed by atoms with van der Waals surface area (Å²) in [5.41, 5.74) is 0.608. The van der Waals surface area contributed by atoms with E-state index in [9.17, 15) is 4.79 Å². The van der Waals surface area contributed by atoms with E-state index in [0.29, 0.717) is 17.0 Å². The number of aromatic amines is 1. The minimum absolute atomic E-state index is 0.0978. The quantitative estimate of drug-likeness (QED) is 0.736. The molecule has 8 nitrogen and oxygen atoms in total. The SMILES string of the molecule is Cn1ccc2c(=O)[nH]c(N3CCN(c4ncccn4)CC3)nc21. The summed E-state index contributed by atoms with van der Waals surface area (Å²) in [6, 6.07) is 3.60. The van der Waals surface area contributed by atoms with Gasteiger partial charge in [0.1, 0.15) is 5.65 Å². The Kier molecular flexibility index (Phi) is 3.22. The first kappa shape index (κ1) is 13.7. The van der Waals surface area contributed by atoms with Crippen molar-refractivity contribution < 1.29 is 0 Å². The van der Waals surface area contributed by atoms with Crippen LogP contribution in [0.1, 0.15) is 0 Å². The van der Waals surface area contributed by atoms with Crippen LogP contribution in [0.2, 0.25) is 0 Å². The summed E-state index contributed by atoms with van der Waals surface area (Å²) in [5.74, 6) is 1.37. The average molecular weight is 311 g/mol. The van der Waals surface area contributed by atoms with E-state index < -0.39 is 0 Å². The van der Waals surface area contributed by atoms with Gasteiger partial charge in [0.25, 0.3) is 5.56 Å². The molecular weight excluding hydrogens is 294 g/mol. The number of anilines is 2. The lowest BCUT2D eigenvalue weighted by molar-refractivity contribution is 0.628. The third-order valence-corrected chi connectivity index (χ3v) is 4.14. The second kappa shape index (κ2) is 5.38. The monoisotopic (exact) mass is 311 g/mol. The molecule has 1 N–H and O–H groups in total. The number of fused-ring (bicyclic) bond motifs is 1. The summed E-state index contributed by atoms with van der Waals surface area (Å²) in [4.78, 5) is 32.4. The third kappa shape index (κ3) is 2.41. The zero-order chi connectivity index (χ0) is 15.8. The molecule has 0 bridgehead atoms. The average Bonchev–Trinajstić information content (AvgIpc) is 2.98. The molecular formula is C15H17N7O. The molecule has 0 aromatic carbocycles. The Bertz CT molecular complexity index is 878. The van der Waals surface area contributed by atoms with Gasteiger partial charge in [-0.3, -0.25) is 9.78 Å². The smallest absolute Gasteiger partial charge is 0.261 e. The normalized spacial score (nSPS) is 15.3. The van der Waals surface area contributed by atoms with Gasteiger partial charge in [-0.2, -0.15) is 4.98 Å². The number of hydrogen-bond donors (Lipinski definition) is 1. The first-order valence-electron chi connectivity index (χ1n) is 7.54. The number of nitrogens with one attached hydrogen (secondary N) is 1. The number of rotatable bonds is 2. The molecule has 3 aromatic rings. The first-order valence-corrected chi connectivity index (χ1v) is 7.54. The fourth-order valence-electron chi connectivity index (χ4n) is 2.86. The molecule has 1 fully saturated rings. The lowest BCUT2D eigenvalue weighted by atomic mass is 10.3. The summed E-state index contributed by atoms with van der Waals surface area (Å²) < 4.78 is 1.86. The maximum atomic E-state index is 12.2. The fraction of sp³-hybridized carbons (Fsp3) is 0.333. The van der Waals surface area contributed by atoms with Crippen LogP contribution in [0.5, 0.6) is 0 Å². The minimum Gasteiger partial charge on any atom is -0.339 e. The number of hydrogen-bond acceptors (Lipinski definition) is 6. The highest BCUT2D eigenvalue weighted by atomic mass is 16.1. The van der Waals surface area contributed by atoms with Crippen molar-refractivity contribution in [2.75, 3.05) is 36.0 Å². The molecule has 118 valence electrons. The molecule has 1 aliphatic rings. The molecule has 0 aliphatic carbocycles. The van der Waals surface area contributed by atoms with Crippen molar-refractivity contribution in [2.45, 2.75) is 0 Å². The number of aryl methyl sites for hydroxylation is 1. The van der Waals surface area contributed by atoms with Crippen molar-refractivity contribution >= 4 is 22.9 Å². The first-order chi connectivity index (χ1) is 11.2. The van der Waals surface area contributed by atoms with Crippen molar-refractivity contribution in [2.24, 2.45) is 7.05 Å². The van der Waals surface area contributed by atoms with Gasteiger partial charge in [-0.25, -0.2) is 9.97 Å². The van der Waals surface area contributed by atoms with Crippen LogP contribution < -0.4 is 15.4 Å². The van der Waals surface area contributed by atoms with Gasteiger partial charge in [0.05, 0.1) is 5.39 Å². The Balaban J connectivity index is 1.57. The van der Waals surface area contributed by atoms with E-state index in [1.54, 1.807) is 18.5 Å². The van der Waals surface area contributed by atoms with Crippen LogP contribution in [0.25, 0.3) is 11.0 Å². The van der Waals surface area contributed by atoms with Crippen LogP contribution >= 0.6 is 0 Å². The maximum Gasteiger partial charge on any atom is 0.261 e. The Labute approximate surface area is 132 Å². The standard InChI is InChI=1S/C15H17N7O/c1-20-6-3-11-12(20)18-15(19-13(11)23)22-9-7-21(8-10-22)14-16-4-2-5-17-14/h2-6H,7-10H2,1H3,(H,18,19,23). The molecule has 0 radical (unpaired) electrons. The molecule has 23 heavy (non-hydrogen) atoms.